The number of para-hydroxylation sites is 1. The van der Waals surface area contributed by atoms with Crippen LogP contribution in [0, 0.1) is 6.92 Å². The Morgan fingerprint density at radius 1 is 1.00 bits per heavy atom. The smallest absolute Gasteiger partial charge is 0.116 e. The quantitative estimate of drug-likeness (QED) is 0.540. The Kier molecular flexibility index (Phi) is 2.48. The lowest BCUT2D eigenvalue weighted by Crippen LogP contribution is -1.86. The molecule has 0 atom stereocenters. The van der Waals surface area contributed by atoms with Crippen LogP contribution in [0.5, 0.6) is 5.75 Å². The number of fused-ring (bicyclic) bond motifs is 2. The molecule has 0 saturated carbocycles. The van der Waals surface area contributed by atoms with Crippen molar-refractivity contribution in [2.24, 2.45) is 0 Å². The molecule has 4 aromatic rings. The van der Waals surface area contributed by atoms with Crippen LogP contribution in [0.3, 0.4) is 0 Å². The zero-order valence-electron chi connectivity index (χ0n) is 11.6. The van der Waals surface area contributed by atoms with E-state index < -0.39 is 0 Å². The number of nitrogens with zero attached hydrogens (tertiary/aromatic N) is 1. The lowest BCUT2D eigenvalue weighted by molar-refractivity contribution is 0.476. The maximum atomic E-state index is 9.54. The number of hydrogen-bond donors (Lipinski definition) is 2. The highest BCUT2D eigenvalue weighted by Gasteiger charge is 2.11. The van der Waals surface area contributed by atoms with Gasteiger partial charge in [-0.2, -0.15) is 0 Å². The van der Waals surface area contributed by atoms with Crippen LogP contribution in [0.25, 0.3) is 33.1 Å². The Morgan fingerprint density at radius 3 is 2.76 bits per heavy atom. The largest absolute Gasteiger partial charge is 0.508 e. The summed E-state index contributed by atoms with van der Waals surface area (Å²) in [6.45, 7) is 2.07. The molecule has 0 aliphatic heterocycles. The predicted molar refractivity (Wildman–Crippen MR) is 85.4 cm³/mol. The van der Waals surface area contributed by atoms with Crippen LogP contribution in [0.4, 0.5) is 0 Å². The van der Waals surface area contributed by atoms with Gasteiger partial charge in [0, 0.05) is 27.5 Å². The number of aryl methyl sites for hydroxylation is 1. The van der Waals surface area contributed by atoms with Crippen molar-refractivity contribution in [1.82, 2.24) is 9.97 Å². The molecule has 3 heteroatoms. The molecule has 0 unspecified atom stereocenters. The molecule has 3 nitrogen and oxygen atoms in total. The Morgan fingerprint density at radius 2 is 1.86 bits per heavy atom. The average Bonchev–Trinajstić information content (AvgIpc) is 2.82. The van der Waals surface area contributed by atoms with Crippen LogP contribution >= 0.6 is 0 Å². The van der Waals surface area contributed by atoms with E-state index >= 15 is 0 Å². The third-order valence-electron chi connectivity index (χ3n) is 3.82. The lowest BCUT2D eigenvalue weighted by atomic mass is 10.1. The second kappa shape index (κ2) is 4.35. The van der Waals surface area contributed by atoms with Crippen LogP contribution < -0.4 is 0 Å². The number of nitrogens with one attached hydrogen (secondary N) is 1. The highest BCUT2D eigenvalue weighted by Crippen LogP contribution is 2.32. The Labute approximate surface area is 121 Å². The van der Waals surface area contributed by atoms with Crippen molar-refractivity contribution in [3.05, 3.63) is 60.3 Å². The van der Waals surface area contributed by atoms with Crippen LogP contribution in [-0.4, -0.2) is 15.1 Å². The Bertz CT molecular complexity index is 969. The summed E-state index contributed by atoms with van der Waals surface area (Å²) in [5, 5.41) is 11.7. The number of benzene rings is 2. The zero-order valence-corrected chi connectivity index (χ0v) is 11.6. The number of phenolic OH excluding ortho intramolecular Hbond substituents is 1. The second-order valence-electron chi connectivity index (χ2n) is 5.24. The summed E-state index contributed by atoms with van der Waals surface area (Å²) in [6.07, 6.45) is 0. The molecule has 4 rings (SSSR count). The fourth-order valence-electron chi connectivity index (χ4n) is 2.86. The van der Waals surface area contributed by atoms with Gasteiger partial charge in [0.2, 0.25) is 0 Å². The van der Waals surface area contributed by atoms with E-state index in [1.165, 1.54) is 5.39 Å². The van der Waals surface area contributed by atoms with Gasteiger partial charge in [-0.15, -0.1) is 0 Å². The van der Waals surface area contributed by atoms with Crippen molar-refractivity contribution in [2.45, 2.75) is 6.92 Å². The Hall–Kier alpha value is -2.81. The molecule has 0 bridgehead atoms. The summed E-state index contributed by atoms with van der Waals surface area (Å²) >= 11 is 0. The van der Waals surface area contributed by atoms with E-state index in [0.717, 1.165) is 33.4 Å². The van der Waals surface area contributed by atoms with Crippen LogP contribution in [0.1, 0.15) is 5.69 Å². The number of rotatable bonds is 1. The van der Waals surface area contributed by atoms with Crippen molar-refractivity contribution in [3.8, 4) is 17.0 Å². The van der Waals surface area contributed by atoms with Gasteiger partial charge in [0.15, 0.2) is 0 Å². The van der Waals surface area contributed by atoms with Gasteiger partial charge in [-0.3, -0.25) is 0 Å². The maximum absolute atomic E-state index is 9.54. The molecule has 0 amide bonds. The lowest BCUT2D eigenvalue weighted by Gasteiger charge is -2.04. The van der Waals surface area contributed by atoms with E-state index in [-0.39, 0.29) is 5.75 Å². The normalized spacial score (nSPS) is 11.3. The molecular weight excluding hydrogens is 260 g/mol. The van der Waals surface area contributed by atoms with Gasteiger partial charge in [-0.05, 0) is 37.3 Å². The average molecular weight is 274 g/mol. The van der Waals surface area contributed by atoms with Crippen molar-refractivity contribution in [1.29, 1.82) is 0 Å². The van der Waals surface area contributed by atoms with Gasteiger partial charge < -0.3 is 10.1 Å². The summed E-state index contributed by atoms with van der Waals surface area (Å²) in [4.78, 5) is 8.14. The molecule has 0 aliphatic rings. The topological polar surface area (TPSA) is 48.9 Å². The predicted octanol–water partition coefficient (Wildman–Crippen LogP) is 4.40. The number of aromatic nitrogens is 2. The van der Waals surface area contributed by atoms with E-state index in [2.05, 4.69) is 24.0 Å². The number of hydrogen-bond acceptors (Lipinski definition) is 2. The number of phenols is 1. The third-order valence-corrected chi connectivity index (χ3v) is 3.82. The Balaban J connectivity index is 2.00. The number of aromatic amines is 1. The highest BCUT2D eigenvalue weighted by molar-refractivity contribution is 5.97. The summed E-state index contributed by atoms with van der Waals surface area (Å²) < 4.78 is 0. The van der Waals surface area contributed by atoms with Crippen molar-refractivity contribution in [3.63, 3.8) is 0 Å². The molecule has 0 fully saturated rings. The van der Waals surface area contributed by atoms with Crippen LogP contribution in [-0.2, 0) is 0 Å². The molecule has 21 heavy (non-hydrogen) atoms. The standard InChI is InChI=1S/C18H14N2O/c1-11-18(14-4-2-3-5-16(14)19-11)17-8-6-12-10-13(21)7-9-15(12)20-17/h2-10,19,21H,1H3. The SMILES string of the molecule is Cc1[nH]c2ccccc2c1-c1ccc2cc(O)ccc2n1. The van der Waals surface area contributed by atoms with Gasteiger partial charge in [0.1, 0.15) is 5.75 Å². The van der Waals surface area contributed by atoms with E-state index in [1.807, 2.05) is 30.3 Å². The maximum Gasteiger partial charge on any atom is 0.116 e. The van der Waals surface area contributed by atoms with Gasteiger partial charge in [0.05, 0.1) is 11.2 Å². The molecule has 102 valence electrons. The van der Waals surface area contributed by atoms with Gasteiger partial charge in [-0.1, -0.05) is 24.3 Å². The molecule has 2 aromatic carbocycles. The first-order chi connectivity index (χ1) is 10.2. The number of H-pyrrole nitrogens is 1. The van der Waals surface area contributed by atoms with E-state index in [9.17, 15) is 5.11 Å². The van der Waals surface area contributed by atoms with Crippen molar-refractivity contribution >= 4 is 21.8 Å². The summed E-state index contributed by atoms with van der Waals surface area (Å²) in [7, 11) is 0. The summed E-state index contributed by atoms with van der Waals surface area (Å²) in [5.41, 5.74) is 5.21. The van der Waals surface area contributed by atoms with Crippen LogP contribution in [0.15, 0.2) is 54.6 Å². The summed E-state index contributed by atoms with van der Waals surface area (Å²) in [6, 6.07) is 17.5. The van der Waals surface area contributed by atoms with Crippen LogP contribution in [0.2, 0.25) is 0 Å². The van der Waals surface area contributed by atoms with Gasteiger partial charge in [0.25, 0.3) is 0 Å². The second-order valence-corrected chi connectivity index (χ2v) is 5.24. The first-order valence-corrected chi connectivity index (χ1v) is 6.90. The fraction of sp³-hybridized carbons (Fsp3) is 0.0556. The fourth-order valence-corrected chi connectivity index (χ4v) is 2.86. The molecular formula is C18H14N2O. The highest BCUT2D eigenvalue weighted by atomic mass is 16.3. The first kappa shape index (κ1) is 12.0. The number of pyridine rings is 1. The first-order valence-electron chi connectivity index (χ1n) is 6.90. The molecule has 0 aliphatic carbocycles. The molecule has 2 N–H and O–H groups in total. The minimum atomic E-state index is 0.264. The van der Waals surface area contributed by atoms with Gasteiger partial charge >= 0.3 is 0 Å². The molecule has 0 spiro atoms. The summed E-state index contributed by atoms with van der Waals surface area (Å²) in [5.74, 6) is 0.264. The van der Waals surface area contributed by atoms with Gasteiger partial charge in [-0.25, -0.2) is 4.98 Å². The molecule has 0 radical (unpaired) electrons. The van der Waals surface area contributed by atoms with E-state index in [4.69, 9.17) is 4.98 Å². The molecule has 2 aromatic heterocycles. The third kappa shape index (κ3) is 1.86. The van der Waals surface area contributed by atoms with Crippen molar-refractivity contribution in [2.75, 3.05) is 0 Å². The van der Waals surface area contributed by atoms with E-state index in [1.54, 1.807) is 12.1 Å². The van der Waals surface area contributed by atoms with E-state index in [0.29, 0.717) is 0 Å². The zero-order chi connectivity index (χ0) is 14.4. The van der Waals surface area contributed by atoms with Crippen molar-refractivity contribution < 1.29 is 5.11 Å². The minimum Gasteiger partial charge on any atom is -0.508 e. The molecule has 0 saturated heterocycles. The number of aromatic hydroxyl groups is 1. The monoisotopic (exact) mass is 274 g/mol. The molecule has 2 heterocycles. The minimum absolute atomic E-state index is 0.264.